The first-order valence-electron chi connectivity index (χ1n) is 7.69. The van der Waals surface area contributed by atoms with E-state index < -0.39 is 27.9 Å². The number of aryl methyl sites for hydroxylation is 1. The van der Waals surface area contributed by atoms with Crippen molar-refractivity contribution < 1.29 is 27.9 Å². The lowest BCUT2D eigenvalue weighted by atomic mass is 10.1. The van der Waals surface area contributed by atoms with E-state index in [-0.39, 0.29) is 16.9 Å². The average molecular weight is 377 g/mol. The normalized spacial score (nSPS) is 12.3. The maximum absolute atomic E-state index is 12.4. The third-order valence-electron chi connectivity index (χ3n) is 3.50. The number of benzene rings is 2. The van der Waals surface area contributed by atoms with Gasteiger partial charge < -0.3 is 9.84 Å². The van der Waals surface area contributed by atoms with Crippen LogP contribution in [0.15, 0.2) is 42.5 Å². The smallest absolute Gasteiger partial charge is 0.342 e. The number of ketones is 1. The van der Waals surface area contributed by atoms with Crippen molar-refractivity contribution in [3.05, 3.63) is 59.2 Å². The maximum atomic E-state index is 12.4. The SMILES string of the molecule is Cc1ccc(O)c(C(=O)OC(C)C(=O)c2ccc(NS(C)(=O)=O)cc2)c1. The molecule has 7 nitrogen and oxygen atoms in total. The third-order valence-corrected chi connectivity index (χ3v) is 4.10. The summed E-state index contributed by atoms with van der Waals surface area (Å²) in [4.78, 5) is 24.5. The molecule has 2 aromatic carbocycles. The van der Waals surface area contributed by atoms with Gasteiger partial charge in [0.05, 0.1) is 6.26 Å². The molecule has 0 spiro atoms. The summed E-state index contributed by atoms with van der Waals surface area (Å²) in [6, 6.07) is 10.2. The Morgan fingerprint density at radius 3 is 2.31 bits per heavy atom. The van der Waals surface area contributed by atoms with Gasteiger partial charge in [0.25, 0.3) is 0 Å². The highest BCUT2D eigenvalue weighted by atomic mass is 32.2. The number of Topliss-reactive ketones (excluding diaryl/α,β-unsaturated/α-hetero) is 1. The predicted octanol–water partition coefficient (Wildman–Crippen LogP) is 2.50. The Kier molecular flexibility index (Phi) is 5.66. The Hall–Kier alpha value is -2.87. The number of esters is 1. The standard InChI is InChI=1S/C18H19NO6S/c1-11-4-9-16(20)15(10-11)18(22)25-12(2)17(21)13-5-7-14(8-6-13)19-26(3,23)24/h4-10,12,19-20H,1-3H3. The second kappa shape index (κ2) is 7.57. The summed E-state index contributed by atoms with van der Waals surface area (Å²) in [5, 5.41) is 9.76. The van der Waals surface area contributed by atoms with Gasteiger partial charge in [-0.25, -0.2) is 13.2 Å². The van der Waals surface area contributed by atoms with Crippen molar-refractivity contribution in [1.82, 2.24) is 0 Å². The molecule has 0 bridgehead atoms. The number of hydrogen-bond donors (Lipinski definition) is 2. The number of nitrogens with one attached hydrogen (secondary N) is 1. The zero-order valence-electron chi connectivity index (χ0n) is 14.5. The molecule has 8 heteroatoms. The van der Waals surface area contributed by atoms with E-state index >= 15 is 0 Å². The minimum Gasteiger partial charge on any atom is -0.507 e. The van der Waals surface area contributed by atoms with E-state index in [0.29, 0.717) is 5.69 Å². The Balaban J connectivity index is 2.09. The predicted molar refractivity (Wildman–Crippen MR) is 97.0 cm³/mol. The van der Waals surface area contributed by atoms with Gasteiger partial charge in [-0.15, -0.1) is 0 Å². The zero-order valence-corrected chi connectivity index (χ0v) is 15.3. The van der Waals surface area contributed by atoms with Crippen molar-refractivity contribution in [2.24, 2.45) is 0 Å². The molecule has 0 aromatic heterocycles. The molecule has 2 rings (SSSR count). The molecule has 2 N–H and O–H groups in total. The molecule has 0 radical (unpaired) electrons. The minimum absolute atomic E-state index is 0.0163. The van der Waals surface area contributed by atoms with Gasteiger partial charge in [0.2, 0.25) is 15.8 Å². The fraction of sp³-hybridized carbons (Fsp3) is 0.222. The molecule has 0 saturated heterocycles. The van der Waals surface area contributed by atoms with Crippen LogP contribution in [-0.2, 0) is 14.8 Å². The lowest BCUT2D eigenvalue weighted by molar-refractivity contribution is 0.0316. The molecule has 138 valence electrons. The largest absolute Gasteiger partial charge is 0.507 e. The summed E-state index contributed by atoms with van der Waals surface area (Å²) in [5.74, 6) is -1.48. The number of ether oxygens (including phenoxy) is 1. The van der Waals surface area contributed by atoms with Crippen LogP contribution >= 0.6 is 0 Å². The van der Waals surface area contributed by atoms with Crippen LogP contribution in [0.4, 0.5) is 5.69 Å². The van der Waals surface area contributed by atoms with Crippen LogP contribution in [0.5, 0.6) is 5.75 Å². The number of anilines is 1. The van der Waals surface area contributed by atoms with Crippen LogP contribution in [0.3, 0.4) is 0 Å². The molecule has 26 heavy (non-hydrogen) atoms. The van der Waals surface area contributed by atoms with E-state index in [0.717, 1.165) is 11.8 Å². The second-order valence-electron chi connectivity index (χ2n) is 5.88. The first kappa shape index (κ1) is 19.5. The summed E-state index contributed by atoms with van der Waals surface area (Å²) >= 11 is 0. The summed E-state index contributed by atoms with van der Waals surface area (Å²) in [5.41, 5.74) is 1.33. The van der Waals surface area contributed by atoms with Gasteiger partial charge in [0, 0.05) is 11.3 Å². The number of carbonyl (C=O) groups is 2. The van der Waals surface area contributed by atoms with Crippen molar-refractivity contribution in [3.63, 3.8) is 0 Å². The number of phenols is 1. The van der Waals surface area contributed by atoms with E-state index in [1.165, 1.54) is 43.3 Å². The number of hydrogen-bond acceptors (Lipinski definition) is 6. The highest BCUT2D eigenvalue weighted by molar-refractivity contribution is 7.92. The fourth-order valence-electron chi connectivity index (χ4n) is 2.24. The molecular formula is C18H19NO6S. The zero-order chi connectivity index (χ0) is 19.5. The quantitative estimate of drug-likeness (QED) is 0.591. The van der Waals surface area contributed by atoms with E-state index in [1.807, 2.05) is 0 Å². The molecule has 0 amide bonds. The van der Waals surface area contributed by atoms with Crippen molar-refractivity contribution in [2.45, 2.75) is 20.0 Å². The molecule has 0 aliphatic heterocycles. The number of sulfonamides is 1. The van der Waals surface area contributed by atoms with Gasteiger partial charge in [-0.05, 0) is 50.2 Å². The minimum atomic E-state index is -3.41. The maximum Gasteiger partial charge on any atom is 0.342 e. The number of rotatable bonds is 6. The van der Waals surface area contributed by atoms with Crippen molar-refractivity contribution in [1.29, 1.82) is 0 Å². The molecule has 2 aromatic rings. The molecule has 1 unspecified atom stereocenters. The van der Waals surface area contributed by atoms with Crippen molar-refractivity contribution in [2.75, 3.05) is 11.0 Å². The van der Waals surface area contributed by atoms with Crippen molar-refractivity contribution >= 4 is 27.5 Å². The number of carbonyl (C=O) groups excluding carboxylic acids is 2. The van der Waals surface area contributed by atoms with E-state index in [1.54, 1.807) is 13.0 Å². The summed E-state index contributed by atoms with van der Waals surface area (Å²) < 4.78 is 29.8. The van der Waals surface area contributed by atoms with Crippen LogP contribution in [-0.4, -0.2) is 37.6 Å². The molecule has 0 heterocycles. The monoisotopic (exact) mass is 377 g/mol. The summed E-state index contributed by atoms with van der Waals surface area (Å²) in [6.07, 6.45) is -0.0509. The molecular weight excluding hydrogens is 358 g/mol. The Morgan fingerprint density at radius 2 is 1.73 bits per heavy atom. The lowest BCUT2D eigenvalue weighted by Crippen LogP contribution is -2.24. The van der Waals surface area contributed by atoms with Crippen LogP contribution in [0.2, 0.25) is 0 Å². The van der Waals surface area contributed by atoms with E-state index in [9.17, 15) is 23.1 Å². The molecule has 0 fully saturated rings. The fourth-order valence-corrected chi connectivity index (χ4v) is 2.81. The first-order chi connectivity index (χ1) is 12.1. The van der Waals surface area contributed by atoms with Crippen LogP contribution in [0, 0.1) is 6.92 Å². The van der Waals surface area contributed by atoms with Crippen LogP contribution in [0.1, 0.15) is 33.2 Å². The summed E-state index contributed by atoms with van der Waals surface area (Å²) in [7, 11) is -3.41. The third kappa shape index (κ3) is 5.06. The van der Waals surface area contributed by atoms with Crippen molar-refractivity contribution in [3.8, 4) is 5.75 Å². The topological polar surface area (TPSA) is 110 Å². The highest BCUT2D eigenvalue weighted by Gasteiger charge is 2.22. The molecule has 1 atom stereocenters. The lowest BCUT2D eigenvalue weighted by Gasteiger charge is -2.13. The Morgan fingerprint density at radius 1 is 1.12 bits per heavy atom. The summed E-state index contributed by atoms with van der Waals surface area (Å²) in [6.45, 7) is 3.19. The van der Waals surface area contributed by atoms with Crippen LogP contribution < -0.4 is 4.72 Å². The van der Waals surface area contributed by atoms with Gasteiger partial charge in [0.1, 0.15) is 11.3 Å². The van der Waals surface area contributed by atoms with Gasteiger partial charge in [-0.2, -0.15) is 0 Å². The van der Waals surface area contributed by atoms with E-state index in [4.69, 9.17) is 4.74 Å². The average Bonchev–Trinajstić information content (AvgIpc) is 2.55. The van der Waals surface area contributed by atoms with Gasteiger partial charge in [0.15, 0.2) is 6.10 Å². The molecule has 0 aliphatic rings. The van der Waals surface area contributed by atoms with Gasteiger partial charge in [-0.3, -0.25) is 9.52 Å². The molecule has 0 aliphatic carbocycles. The Bertz CT molecular complexity index is 935. The first-order valence-corrected chi connectivity index (χ1v) is 9.58. The molecule has 0 saturated carbocycles. The van der Waals surface area contributed by atoms with E-state index in [2.05, 4.69) is 4.72 Å². The number of aromatic hydroxyl groups is 1. The van der Waals surface area contributed by atoms with Gasteiger partial charge >= 0.3 is 5.97 Å². The van der Waals surface area contributed by atoms with Gasteiger partial charge in [-0.1, -0.05) is 11.6 Å². The Labute approximate surface area is 151 Å². The number of phenolic OH excluding ortho intramolecular Hbond substituents is 1. The van der Waals surface area contributed by atoms with Crippen LogP contribution in [0.25, 0.3) is 0 Å². The second-order valence-corrected chi connectivity index (χ2v) is 7.63. The highest BCUT2D eigenvalue weighted by Crippen LogP contribution is 2.20.